The molecule has 3 heterocycles. The largest absolute Gasteiger partial charge is 0.472 e. The van der Waals surface area contributed by atoms with E-state index in [0.29, 0.717) is 10.9 Å². The van der Waals surface area contributed by atoms with Crippen LogP contribution in [0.3, 0.4) is 0 Å². The molecule has 1 fully saturated rings. The molecule has 0 radical (unpaired) electrons. The van der Waals surface area contributed by atoms with Gasteiger partial charge in [-0.3, -0.25) is 4.98 Å². The van der Waals surface area contributed by atoms with Crippen LogP contribution in [0.1, 0.15) is 18.1 Å². The number of hydrogen-bond acceptors (Lipinski definition) is 6. The van der Waals surface area contributed by atoms with Gasteiger partial charge in [0.05, 0.1) is 24.9 Å². The second kappa shape index (κ2) is 7.58. The monoisotopic (exact) mass is 384 g/mol. The first-order valence-corrected chi connectivity index (χ1v) is 9.28. The summed E-state index contributed by atoms with van der Waals surface area (Å²) in [5.74, 6) is 1.27. The maximum atomic E-state index is 6.38. The molecule has 140 valence electrons. The van der Waals surface area contributed by atoms with Gasteiger partial charge < -0.3 is 19.4 Å². The molecule has 1 N–H and O–H groups in total. The molecular formula is C20H21ClN4O2. The fourth-order valence-electron chi connectivity index (χ4n) is 3.25. The van der Waals surface area contributed by atoms with Crippen molar-refractivity contribution in [2.45, 2.75) is 12.5 Å². The summed E-state index contributed by atoms with van der Waals surface area (Å²) in [5, 5.41) is 3.98. The third-order valence-corrected chi connectivity index (χ3v) is 5.03. The Balaban J connectivity index is 1.68. The molecule has 1 aliphatic heterocycles. The number of halogens is 1. The van der Waals surface area contributed by atoms with E-state index in [0.717, 1.165) is 43.1 Å². The standard InChI is InChI=1S/C20H21ClN4O2/c1-20(16-5-10-26-14-16,15-3-2-4-17(21)11-15)27-19-13-23-12-18(24-19)25-8-6-22-7-9-25/h2-5,10-14,22H,6-9H2,1H3. The Hall–Kier alpha value is -2.57. The van der Waals surface area contributed by atoms with Gasteiger partial charge >= 0.3 is 0 Å². The topological polar surface area (TPSA) is 63.4 Å². The number of nitrogens with one attached hydrogen (secondary N) is 1. The molecule has 0 spiro atoms. The molecule has 1 saturated heterocycles. The van der Waals surface area contributed by atoms with Crippen LogP contribution in [0, 0.1) is 0 Å². The van der Waals surface area contributed by atoms with Crippen LogP contribution in [-0.2, 0) is 5.60 Å². The van der Waals surface area contributed by atoms with Crippen LogP contribution in [0.5, 0.6) is 5.88 Å². The van der Waals surface area contributed by atoms with Crippen LogP contribution in [0.15, 0.2) is 59.7 Å². The molecule has 1 atom stereocenters. The minimum Gasteiger partial charge on any atom is -0.472 e. The van der Waals surface area contributed by atoms with Crippen molar-refractivity contribution in [1.82, 2.24) is 15.3 Å². The molecule has 6 nitrogen and oxygen atoms in total. The number of anilines is 1. The van der Waals surface area contributed by atoms with Crippen LogP contribution in [0.4, 0.5) is 5.82 Å². The van der Waals surface area contributed by atoms with Crippen molar-refractivity contribution in [3.63, 3.8) is 0 Å². The Labute approximate surface area is 163 Å². The molecule has 1 unspecified atom stereocenters. The summed E-state index contributed by atoms with van der Waals surface area (Å²) >= 11 is 6.22. The summed E-state index contributed by atoms with van der Waals surface area (Å²) in [7, 11) is 0. The van der Waals surface area contributed by atoms with Gasteiger partial charge in [0, 0.05) is 42.3 Å². The summed E-state index contributed by atoms with van der Waals surface area (Å²) in [4.78, 5) is 11.2. The molecule has 4 rings (SSSR count). The first-order chi connectivity index (χ1) is 13.1. The average molecular weight is 385 g/mol. The van der Waals surface area contributed by atoms with Crippen molar-refractivity contribution in [3.8, 4) is 5.88 Å². The van der Waals surface area contributed by atoms with Gasteiger partial charge in [-0.05, 0) is 25.1 Å². The predicted octanol–water partition coefficient (Wildman–Crippen LogP) is 3.48. The highest BCUT2D eigenvalue weighted by atomic mass is 35.5. The Bertz CT molecular complexity index is 897. The minimum absolute atomic E-state index is 0.453. The number of furan rings is 1. The van der Waals surface area contributed by atoms with Crippen LogP contribution < -0.4 is 15.0 Å². The predicted molar refractivity (Wildman–Crippen MR) is 104 cm³/mol. The van der Waals surface area contributed by atoms with Gasteiger partial charge in [-0.2, -0.15) is 4.98 Å². The first kappa shape index (κ1) is 17.8. The van der Waals surface area contributed by atoms with E-state index in [1.54, 1.807) is 24.9 Å². The van der Waals surface area contributed by atoms with Gasteiger partial charge in [-0.25, -0.2) is 0 Å². The van der Waals surface area contributed by atoms with Crippen LogP contribution in [0.25, 0.3) is 0 Å². The van der Waals surface area contributed by atoms with Crippen LogP contribution in [0.2, 0.25) is 5.02 Å². The van der Waals surface area contributed by atoms with Gasteiger partial charge in [0.25, 0.3) is 0 Å². The van der Waals surface area contributed by atoms with Crippen molar-refractivity contribution in [1.29, 1.82) is 0 Å². The van der Waals surface area contributed by atoms with Crippen molar-refractivity contribution in [3.05, 3.63) is 71.4 Å². The number of rotatable bonds is 5. The Kier molecular flexibility index (Phi) is 5.01. The fourth-order valence-corrected chi connectivity index (χ4v) is 3.44. The molecule has 1 aliphatic rings. The normalized spacial score (nSPS) is 16.7. The molecule has 7 heteroatoms. The average Bonchev–Trinajstić information content (AvgIpc) is 3.24. The van der Waals surface area contributed by atoms with E-state index in [1.807, 2.05) is 37.3 Å². The van der Waals surface area contributed by atoms with E-state index >= 15 is 0 Å². The zero-order chi connectivity index (χ0) is 18.7. The van der Waals surface area contributed by atoms with Crippen LogP contribution >= 0.6 is 11.6 Å². The maximum Gasteiger partial charge on any atom is 0.235 e. The van der Waals surface area contributed by atoms with Gasteiger partial charge in [0.1, 0.15) is 0 Å². The SMILES string of the molecule is CC(Oc1cncc(N2CCNCC2)n1)(c1ccoc1)c1cccc(Cl)c1. The highest BCUT2D eigenvalue weighted by Gasteiger charge is 2.33. The number of aromatic nitrogens is 2. The van der Waals surface area contributed by atoms with E-state index in [1.165, 1.54) is 0 Å². The Morgan fingerprint density at radius 3 is 2.78 bits per heavy atom. The first-order valence-electron chi connectivity index (χ1n) is 8.90. The van der Waals surface area contributed by atoms with Gasteiger partial charge in [-0.15, -0.1) is 0 Å². The Morgan fingerprint density at radius 2 is 2.04 bits per heavy atom. The number of piperazine rings is 1. The summed E-state index contributed by atoms with van der Waals surface area (Å²) in [6.45, 7) is 5.63. The molecule has 1 aromatic carbocycles. The number of ether oxygens (including phenoxy) is 1. The lowest BCUT2D eigenvalue weighted by Gasteiger charge is -2.31. The third kappa shape index (κ3) is 3.77. The van der Waals surface area contributed by atoms with Crippen LogP contribution in [-0.4, -0.2) is 36.1 Å². The molecule has 0 saturated carbocycles. The lowest BCUT2D eigenvalue weighted by atomic mass is 9.90. The molecular weight excluding hydrogens is 364 g/mol. The second-order valence-corrected chi connectivity index (χ2v) is 7.05. The van der Waals surface area contributed by atoms with E-state index in [-0.39, 0.29) is 0 Å². The van der Waals surface area contributed by atoms with Crippen molar-refractivity contribution in [2.75, 3.05) is 31.1 Å². The lowest BCUT2D eigenvalue weighted by molar-refractivity contribution is 0.124. The molecule has 0 bridgehead atoms. The lowest BCUT2D eigenvalue weighted by Crippen LogP contribution is -2.44. The number of nitrogens with zero attached hydrogens (tertiary/aromatic N) is 3. The second-order valence-electron chi connectivity index (χ2n) is 6.61. The fraction of sp³-hybridized carbons (Fsp3) is 0.300. The van der Waals surface area contributed by atoms with Crippen molar-refractivity contribution in [2.24, 2.45) is 0 Å². The summed E-state index contributed by atoms with van der Waals surface area (Å²) in [6, 6.07) is 9.50. The van der Waals surface area contributed by atoms with E-state index in [4.69, 9.17) is 20.8 Å². The minimum atomic E-state index is -0.811. The van der Waals surface area contributed by atoms with E-state index < -0.39 is 5.60 Å². The smallest absolute Gasteiger partial charge is 0.235 e. The zero-order valence-corrected chi connectivity index (χ0v) is 15.8. The van der Waals surface area contributed by atoms with Gasteiger partial charge in [-0.1, -0.05) is 23.7 Å². The maximum absolute atomic E-state index is 6.38. The number of benzene rings is 1. The highest BCUT2D eigenvalue weighted by molar-refractivity contribution is 6.30. The summed E-state index contributed by atoms with van der Waals surface area (Å²) < 4.78 is 11.7. The molecule has 3 aromatic rings. The van der Waals surface area contributed by atoms with Gasteiger partial charge in [0.2, 0.25) is 5.88 Å². The van der Waals surface area contributed by atoms with E-state index in [9.17, 15) is 0 Å². The molecule has 27 heavy (non-hydrogen) atoms. The highest BCUT2D eigenvalue weighted by Crippen LogP contribution is 2.35. The van der Waals surface area contributed by atoms with Crippen molar-refractivity contribution < 1.29 is 9.15 Å². The van der Waals surface area contributed by atoms with Gasteiger partial charge in [0.15, 0.2) is 11.4 Å². The summed E-state index contributed by atoms with van der Waals surface area (Å²) in [5.41, 5.74) is 0.971. The molecule has 0 amide bonds. The zero-order valence-electron chi connectivity index (χ0n) is 15.1. The molecule has 0 aliphatic carbocycles. The molecule has 2 aromatic heterocycles. The quantitative estimate of drug-likeness (QED) is 0.726. The van der Waals surface area contributed by atoms with Crippen molar-refractivity contribution >= 4 is 17.4 Å². The third-order valence-electron chi connectivity index (χ3n) is 4.80. The van der Waals surface area contributed by atoms with E-state index in [2.05, 4.69) is 20.2 Å². The summed E-state index contributed by atoms with van der Waals surface area (Å²) in [6.07, 6.45) is 6.71. The number of hydrogen-bond donors (Lipinski definition) is 1. The Morgan fingerprint density at radius 1 is 1.19 bits per heavy atom.